The second kappa shape index (κ2) is 8.07. The summed E-state index contributed by atoms with van der Waals surface area (Å²) >= 11 is 3.29. The largest absolute Gasteiger partial charge is 0.493 e. The molecule has 0 heterocycles. The molecule has 136 valence electrons. The van der Waals surface area contributed by atoms with Crippen LogP contribution < -0.4 is 14.2 Å². The van der Waals surface area contributed by atoms with Crippen molar-refractivity contribution in [3.63, 3.8) is 0 Å². The van der Waals surface area contributed by atoms with E-state index >= 15 is 0 Å². The molecular weight excluding hydrogens is 410 g/mol. The Morgan fingerprint density at radius 3 is 2.24 bits per heavy atom. The molecule has 2 aromatic carbocycles. The first kappa shape index (κ1) is 19.6. The van der Waals surface area contributed by atoms with Gasteiger partial charge in [0.05, 0.1) is 26.2 Å². The first-order valence-corrected chi connectivity index (χ1v) is 9.58. The molecular formula is C17H20BrNO5S. The van der Waals surface area contributed by atoms with Crippen molar-refractivity contribution >= 4 is 26.0 Å². The molecule has 2 rings (SSSR count). The van der Waals surface area contributed by atoms with E-state index in [-0.39, 0.29) is 11.4 Å². The van der Waals surface area contributed by atoms with Crippen molar-refractivity contribution in [2.75, 3.05) is 28.4 Å². The first-order chi connectivity index (χ1) is 11.8. The summed E-state index contributed by atoms with van der Waals surface area (Å²) < 4.78 is 43.5. The number of benzene rings is 2. The van der Waals surface area contributed by atoms with Gasteiger partial charge in [0.25, 0.3) is 0 Å². The third-order valence-electron chi connectivity index (χ3n) is 3.68. The number of ether oxygens (including phenoxy) is 3. The number of methoxy groups -OCH3 is 3. The number of hydrogen-bond donors (Lipinski definition) is 0. The Labute approximate surface area is 156 Å². The average Bonchev–Trinajstić information content (AvgIpc) is 2.60. The van der Waals surface area contributed by atoms with Gasteiger partial charge >= 0.3 is 0 Å². The highest BCUT2D eigenvalue weighted by Crippen LogP contribution is 2.40. The molecule has 0 radical (unpaired) electrons. The lowest BCUT2D eigenvalue weighted by molar-refractivity contribution is 0.319. The van der Waals surface area contributed by atoms with Gasteiger partial charge in [-0.25, -0.2) is 8.42 Å². The molecule has 8 heteroatoms. The van der Waals surface area contributed by atoms with E-state index in [0.717, 1.165) is 0 Å². The van der Waals surface area contributed by atoms with E-state index in [4.69, 9.17) is 14.2 Å². The number of rotatable bonds is 7. The first-order valence-electron chi connectivity index (χ1n) is 7.35. The van der Waals surface area contributed by atoms with Crippen LogP contribution in [0.1, 0.15) is 5.56 Å². The fourth-order valence-corrected chi connectivity index (χ4v) is 4.17. The van der Waals surface area contributed by atoms with E-state index in [1.807, 2.05) is 0 Å². The molecule has 0 bridgehead atoms. The van der Waals surface area contributed by atoms with E-state index in [1.54, 1.807) is 36.4 Å². The van der Waals surface area contributed by atoms with Crippen molar-refractivity contribution in [1.29, 1.82) is 0 Å². The van der Waals surface area contributed by atoms with E-state index in [1.165, 1.54) is 32.7 Å². The Morgan fingerprint density at radius 1 is 1.00 bits per heavy atom. The zero-order chi connectivity index (χ0) is 18.6. The molecule has 0 amide bonds. The maximum atomic E-state index is 12.8. The fourth-order valence-electron chi connectivity index (χ4n) is 2.42. The molecule has 0 N–H and O–H groups in total. The van der Waals surface area contributed by atoms with Gasteiger partial charge in [-0.15, -0.1) is 0 Å². The van der Waals surface area contributed by atoms with E-state index in [2.05, 4.69) is 15.9 Å². The number of nitrogens with zero attached hydrogens (tertiary/aromatic N) is 1. The van der Waals surface area contributed by atoms with Crippen molar-refractivity contribution < 1.29 is 22.6 Å². The summed E-state index contributed by atoms with van der Waals surface area (Å²) in [4.78, 5) is 0.212. The predicted octanol–water partition coefficient (Wildman–Crippen LogP) is 3.30. The minimum atomic E-state index is -3.64. The molecule has 0 aliphatic heterocycles. The van der Waals surface area contributed by atoms with Gasteiger partial charge < -0.3 is 14.2 Å². The van der Waals surface area contributed by atoms with Gasteiger partial charge in [0.2, 0.25) is 15.8 Å². The Morgan fingerprint density at radius 2 is 1.68 bits per heavy atom. The number of sulfonamides is 1. The highest BCUT2D eigenvalue weighted by Gasteiger charge is 2.24. The quantitative estimate of drug-likeness (QED) is 0.675. The van der Waals surface area contributed by atoms with Crippen LogP contribution in [0.15, 0.2) is 45.8 Å². The van der Waals surface area contributed by atoms with Crippen molar-refractivity contribution in [2.45, 2.75) is 11.4 Å². The lowest BCUT2D eigenvalue weighted by Crippen LogP contribution is -2.26. The summed E-state index contributed by atoms with van der Waals surface area (Å²) in [6.07, 6.45) is 0. The molecule has 0 unspecified atom stereocenters. The summed E-state index contributed by atoms with van der Waals surface area (Å²) in [6, 6.07) is 10.1. The van der Waals surface area contributed by atoms with Crippen LogP contribution in [-0.4, -0.2) is 41.1 Å². The molecule has 0 saturated heterocycles. The second-order valence-electron chi connectivity index (χ2n) is 5.21. The van der Waals surface area contributed by atoms with Crippen LogP contribution in [0.3, 0.4) is 0 Å². The lowest BCUT2D eigenvalue weighted by atomic mass is 10.1. The zero-order valence-electron chi connectivity index (χ0n) is 14.4. The summed E-state index contributed by atoms with van der Waals surface area (Å²) in [6.45, 7) is 0.123. The SMILES string of the molecule is COc1ccc(CN(C)S(=O)(=O)c2cccc(Br)c2)c(OC)c1OC. The molecule has 0 fully saturated rings. The maximum absolute atomic E-state index is 12.8. The number of halogens is 1. The maximum Gasteiger partial charge on any atom is 0.243 e. The fraction of sp³-hybridized carbons (Fsp3) is 0.294. The van der Waals surface area contributed by atoms with Crippen molar-refractivity contribution in [3.8, 4) is 17.2 Å². The normalized spacial score (nSPS) is 11.4. The van der Waals surface area contributed by atoms with Crippen LogP contribution in [0.5, 0.6) is 17.2 Å². The number of hydrogen-bond acceptors (Lipinski definition) is 5. The average molecular weight is 430 g/mol. The van der Waals surface area contributed by atoms with Gasteiger partial charge in [0.1, 0.15) is 0 Å². The third kappa shape index (κ3) is 4.08. The van der Waals surface area contributed by atoms with Crippen LogP contribution in [0.4, 0.5) is 0 Å². The molecule has 0 aromatic heterocycles. The third-order valence-corrected chi connectivity index (χ3v) is 5.98. The van der Waals surface area contributed by atoms with Crippen molar-refractivity contribution in [2.24, 2.45) is 0 Å². The van der Waals surface area contributed by atoms with Crippen molar-refractivity contribution in [3.05, 3.63) is 46.4 Å². The summed E-state index contributed by atoms with van der Waals surface area (Å²) in [5, 5.41) is 0. The van der Waals surface area contributed by atoms with Crippen LogP contribution in [0, 0.1) is 0 Å². The van der Waals surface area contributed by atoms with Crippen molar-refractivity contribution in [1.82, 2.24) is 4.31 Å². The monoisotopic (exact) mass is 429 g/mol. The molecule has 0 aliphatic rings. The summed E-state index contributed by atoms with van der Waals surface area (Å²) in [5.41, 5.74) is 0.668. The molecule has 0 spiro atoms. The topological polar surface area (TPSA) is 65.1 Å². The van der Waals surface area contributed by atoms with Gasteiger partial charge in [-0.2, -0.15) is 4.31 Å². The van der Waals surface area contributed by atoms with Crippen LogP contribution in [0.2, 0.25) is 0 Å². The Kier molecular flexibility index (Phi) is 6.31. The Bertz CT molecular complexity index is 854. The van der Waals surface area contributed by atoms with Gasteiger partial charge in [0, 0.05) is 23.6 Å². The predicted molar refractivity (Wildman–Crippen MR) is 98.9 cm³/mol. The molecule has 0 saturated carbocycles. The van der Waals surface area contributed by atoms with Crippen LogP contribution in [-0.2, 0) is 16.6 Å². The summed E-state index contributed by atoms with van der Waals surface area (Å²) in [7, 11) is 2.41. The Balaban J connectivity index is 2.39. The second-order valence-corrected chi connectivity index (χ2v) is 8.17. The van der Waals surface area contributed by atoms with Gasteiger partial charge in [0.15, 0.2) is 11.5 Å². The molecule has 6 nitrogen and oxygen atoms in total. The van der Waals surface area contributed by atoms with E-state index in [0.29, 0.717) is 27.3 Å². The molecule has 2 aromatic rings. The standard InChI is InChI=1S/C17H20BrNO5S/c1-19(25(20,21)14-7-5-6-13(18)10-14)11-12-8-9-15(22-2)17(24-4)16(12)23-3/h5-10H,11H2,1-4H3. The van der Waals surface area contributed by atoms with Gasteiger partial charge in [-0.3, -0.25) is 0 Å². The minimum Gasteiger partial charge on any atom is -0.493 e. The van der Waals surface area contributed by atoms with E-state index in [9.17, 15) is 8.42 Å². The molecule has 0 aliphatic carbocycles. The van der Waals surface area contributed by atoms with Crippen LogP contribution in [0.25, 0.3) is 0 Å². The minimum absolute atomic E-state index is 0.123. The summed E-state index contributed by atoms with van der Waals surface area (Å²) in [5.74, 6) is 1.38. The van der Waals surface area contributed by atoms with Gasteiger partial charge in [-0.05, 0) is 24.3 Å². The van der Waals surface area contributed by atoms with Crippen LogP contribution >= 0.6 is 15.9 Å². The molecule has 0 atom stereocenters. The smallest absolute Gasteiger partial charge is 0.243 e. The zero-order valence-corrected chi connectivity index (χ0v) is 16.8. The highest BCUT2D eigenvalue weighted by atomic mass is 79.9. The van der Waals surface area contributed by atoms with Gasteiger partial charge in [-0.1, -0.05) is 28.1 Å². The van der Waals surface area contributed by atoms with E-state index < -0.39 is 10.0 Å². The highest BCUT2D eigenvalue weighted by molar-refractivity contribution is 9.10. The molecule has 25 heavy (non-hydrogen) atoms. The lowest BCUT2D eigenvalue weighted by Gasteiger charge is -2.21. The Hall–Kier alpha value is -1.77.